The summed E-state index contributed by atoms with van der Waals surface area (Å²) in [4.78, 5) is 8.43. The lowest BCUT2D eigenvalue weighted by atomic mass is 9.84. The second-order valence-corrected chi connectivity index (χ2v) is 6.02. The molecule has 18 heavy (non-hydrogen) atoms. The summed E-state index contributed by atoms with van der Waals surface area (Å²) >= 11 is 9.38. The SMILES string of the molecule is CC1CC(Oc2ncc(Br)c3cc(Cl)ncc23)C1. The van der Waals surface area contributed by atoms with E-state index in [-0.39, 0.29) is 6.10 Å². The lowest BCUT2D eigenvalue weighted by molar-refractivity contribution is 0.0711. The highest BCUT2D eigenvalue weighted by atomic mass is 79.9. The second-order valence-electron chi connectivity index (χ2n) is 4.78. The molecular weight excluding hydrogens is 316 g/mol. The molecular formula is C13H12BrClN2O. The maximum absolute atomic E-state index is 5.91. The number of hydrogen-bond donors (Lipinski definition) is 0. The van der Waals surface area contributed by atoms with Gasteiger partial charge in [0.25, 0.3) is 0 Å². The van der Waals surface area contributed by atoms with Crippen LogP contribution in [0.4, 0.5) is 0 Å². The topological polar surface area (TPSA) is 35.0 Å². The number of nitrogens with zero attached hydrogens (tertiary/aromatic N) is 2. The number of rotatable bonds is 2. The molecule has 94 valence electrons. The van der Waals surface area contributed by atoms with Crippen LogP contribution in [0.1, 0.15) is 19.8 Å². The van der Waals surface area contributed by atoms with Gasteiger partial charge in [-0.2, -0.15) is 0 Å². The largest absolute Gasteiger partial charge is 0.474 e. The van der Waals surface area contributed by atoms with Crippen LogP contribution in [0.3, 0.4) is 0 Å². The van der Waals surface area contributed by atoms with Gasteiger partial charge in [-0.05, 0) is 40.8 Å². The van der Waals surface area contributed by atoms with Crippen LogP contribution in [0, 0.1) is 5.92 Å². The average Bonchev–Trinajstić information content (AvgIpc) is 2.31. The predicted molar refractivity (Wildman–Crippen MR) is 75.1 cm³/mol. The van der Waals surface area contributed by atoms with E-state index in [1.54, 1.807) is 12.4 Å². The normalized spacial score (nSPS) is 22.8. The van der Waals surface area contributed by atoms with Crippen molar-refractivity contribution in [2.24, 2.45) is 5.92 Å². The molecule has 0 atom stereocenters. The fraction of sp³-hybridized carbons (Fsp3) is 0.385. The molecule has 2 aromatic heterocycles. The van der Waals surface area contributed by atoms with Crippen molar-refractivity contribution in [3.05, 3.63) is 28.1 Å². The highest BCUT2D eigenvalue weighted by Gasteiger charge is 2.28. The van der Waals surface area contributed by atoms with Crippen LogP contribution in [0.5, 0.6) is 5.88 Å². The fourth-order valence-corrected chi connectivity index (χ4v) is 2.82. The molecule has 0 aliphatic heterocycles. The molecule has 0 N–H and O–H groups in total. The summed E-state index contributed by atoms with van der Waals surface area (Å²) in [5.74, 6) is 1.40. The highest BCUT2D eigenvalue weighted by Crippen LogP contribution is 2.35. The van der Waals surface area contributed by atoms with Crippen LogP contribution in [0.25, 0.3) is 10.8 Å². The number of pyridine rings is 2. The molecule has 0 radical (unpaired) electrons. The van der Waals surface area contributed by atoms with Crippen LogP contribution >= 0.6 is 27.5 Å². The minimum Gasteiger partial charge on any atom is -0.474 e. The van der Waals surface area contributed by atoms with E-state index >= 15 is 0 Å². The Bertz CT molecular complexity index is 599. The van der Waals surface area contributed by atoms with Crippen molar-refractivity contribution in [2.75, 3.05) is 0 Å². The van der Waals surface area contributed by atoms with Crippen LogP contribution in [-0.4, -0.2) is 16.1 Å². The van der Waals surface area contributed by atoms with Gasteiger partial charge in [0.2, 0.25) is 5.88 Å². The lowest BCUT2D eigenvalue weighted by Crippen LogP contribution is -2.32. The van der Waals surface area contributed by atoms with Gasteiger partial charge in [-0.15, -0.1) is 0 Å². The van der Waals surface area contributed by atoms with Crippen molar-refractivity contribution in [3.63, 3.8) is 0 Å². The van der Waals surface area contributed by atoms with E-state index in [1.807, 2.05) is 6.07 Å². The Hall–Kier alpha value is -0.870. The van der Waals surface area contributed by atoms with Gasteiger partial charge in [0.05, 0.1) is 5.39 Å². The first kappa shape index (κ1) is 12.2. The summed E-state index contributed by atoms with van der Waals surface area (Å²) in [5.41, 5.74) is 0. The van der Waals surface area contributed by atoms with E-state index in [1.165, 1.54) is 0 Å². The van der Waals surface area contributed by atoms with Gasteiger partial charge < -0.3 is 4.74 Å². The standard InChI is InChI=1S/C13H12BrClN2O/c1-7-2-8(3-7)18-13-10-5-16-12(15)4-9(10)11(14)6-17-13/h4-8H,2-3H2,1H3. The van der Waals surface area contributed by atoms with Crippen molar-refractivity contribution >= 4 is 38.3 Å². The average molecular weight is 328 g/mol. The van der Waals surface area contributed by atoms with Gasteiger partial charge in [-0.25, -0.2) is 9.97 Å². The smallest absolute Gasteiger partial charge is 0.223 e. The van der Waals surface area contributed by atoms with E-state index in [0.717, 1.165) is 34.0 Å². The molecule has 0 unspecified atom stereocenters. The van der Waals surface area contributed by atoms with Crippen LogP contribution in [-0.2, 0) is 0 Å². The summed E-state index contributed by atoms with van der Waals surface area (Å²) in [6.07, 6.45) is 5.94. The molecule has 0 spiro atoms. The van der Waals surface area contributed by atoms with Crippen LogP contribution < -0.4 is 4.74 Å². The minimum absolute atomic E-state index is 0.285. The van der Waals surface area contributed by atoms with Crippen molar-refractivity contribution in [1.29, 1.82) is 0 Å². The zero-order valence-electron chi connectivity index (χ0n) is 9.86. The molecule has 0 bridgehead atoms. The zero-order valence-corrected chi connectivity index (χ0v) is 12.2. The minimum atomic E-state index is 0.285. The maximum atomic E-state index is 5.91. The monoisotopic (exact) mass is 326 g/mol. The summed E-state index contributed by atoms with van der Waals surface area (Å²) in [6, 6.07) is 1.82. The van der Waals surface area contributed by atoms with Gasteiger partial charge in [0, 0.05) is 22.3 Å². The molecule has 0 aromatic carbocycles. The molecule has 2 heterocycles. The Morgan fingerprint density at radius 3 is 2.78 bits per heavy atom. The first-order valence-corrected chi connectivity index (χ1v) is 7.07. The van der Waals surface area contributed by atoms with E-state index in [4.69, 9.17) is 16.3 Å². The van der Waals surface area contributed by atoms with Gasteiger partial charge in [-0.1, -0.05) is 18.5 Å². The number of ether oxygens (including phenoxy) is 1. The van der Waals surface area contributed by atoms with E-state index < -0.39 is 0 Å². The molecule has 5 heteroatoms. The quantitative estimate of drug-likeness (QED) is 0.775. The molecule has 3 rings (SSSR count). The van der Waals surface area contributed by atoms with Gasteiger partial charge in [0.15, 0.2) is 0 Å². The third kappa shape index (κ3) is 2.19. The molecule has 2 aromatic rings. The van der Waals surface area contributed by atoms with Crippen LogP contribution in [0.15, 0.2) is 22.9 Å². The predicted octanol–water partition coefficient (Wildman–Crippen LogP) is 4.22. The third-order valence-corrected chi connectivity index (χ3v) is 4.10. The first-order valence-electron chi connectivity index (χ1n) is 5.90. The number of aromatic nitrogens is 2. The Kier molecular flexibility index (Phi) is 3.16. The summed E-state index contributed by atoms with van der Waals surface area (Å²) < 4.78 is 6.81. The van der Waals surface area contributed by atoms with Gasteiger partial charge in [-0.3, -0.25) is 0 Å². The molecule has 0 saturated heterocycles. The molecule has 0 amide bonds. The summed E-state index contributed by atoms with van der Waals surface area (Å²) in [6.45, 7) is 2.23. The van der Waals surface area contributed by atoms with Crippen molar-refractivity contribution in [3.8, 4) is 5.88 Å². The Labute approximate surface area is 119 Å². The molecule has 1 aliphatic carbocycles. The third-order valence-electron chi connectivity index (χ3n) is 3.26. The second kappa shape index (κ2) is 4.67. The van der Waals surface area contributed by atoms with Gasteiger partial charge in [0.1, 0.15) is 11.3 Å². The highest BCUT2D eigenvalue weighted by molar-refractivity contribution is 9.10. The zero-order chi connectivity index (χ0) is 12.7. The van der Waals surface area contributed by atoms with Crippen molar-refractivity contribution < 1.29 is 4.74 Å². The number of fused-ring (bicyclic) bond motifs is 1. The first-order chi connectivity index (χ1) is 8.63. The summed E-state index contributed by atoms with van der Waals surface area (Å²) in [7, 11) is 0. The number of halogens is 2. The molecule has 1 saturated carbocycles. The lowest BCUT2D eigenvalue weighted by Gasteiger charge is -2.32. The van der Waals surface area contributed by atoms with E-state index in [2.05, 4.69) is 32.8 Å². The van der Waals surface area contributed by atoms with E-state index in [9.17, 15) is 0 Å². The Balaban J connectivity index is 1.99. The molecule has 3 nitrogen and oxygen atoms in total. The van der Waals surface area contributed by atoms with Gasteiger partial charge >= 0.3 is 0 Å². The molecule has 1 aliphatic rings. The van der Waals surface area contributed by atoms with E-state index in [0.29, 0.717) is 11.0 Å². The van der Waals surface area contributed by atoms with Crippen LogP contribution in [0.2, 0.25) is 5.15 Å². The summed E-state index contributed by atoms with van der Waals surface area (Å²) in [5, 5.41) is 2.35. The maximum Gasteiger partial charge on any atom is 0.223 e. The molecule has 1 fully saturated rings. The Morgan fingerprint density at radius 1 is 1.28 bits per heavy atom. The fourth-order valence-electron chi connectivity index (χ4n) is 2.23. The Morgan fingerprint density at radius 2 is 2.06 bits per heavy atom. The number of hydrogen-bond acceptors (Lipinski definition) is 3. The van der Waals surface area contributed by atoms with Crippen molar-refractivity contribution in [1.82, 2.24) is 9.97 Å². The van der Waals surface area contributed by atoms with Crippen molar-refractivity contribution in [2.45, 2.75) is 25.9 Å².